The van der Waals surface area contributed by atoms with E-state index in [9.17, 15) is 14.7 Å². The van der Waals surface area contributed by atoms with Gasteiger partial charge in [-0.05, 0) is 56.5 Å². The molecule has 1 aromatic heterocycles. The molecule has 140 valence electrons. The van der Waals surface area contributed by atoms with Crippen molar-refractivity contribution in [2.45, 2.75) is 34.3 Å². The van der Waals surface area contributed by atoms with Crippen LogP contribution >= 0.6 is 0 Å². The number of hydrogen-bond acceptors (Lipinski definition) is 5. The molecular weight excluding hydrogens is 344 g/mol. The van der Waals surface area contributed by atoms with E-state index in [2.05, 4.69) is 5.10 Å². The summed E-state index contributed by atoms with van der Waals surface area (Å²) >= 11 is 0. The summed E-state index contributed by atoms with van der Waals surface area (Å²) in [6.07, 6.45) is 0. The first-order valence-electron chi connectivity index (χ1n) is 8.80. The topological polar surface area (TPSA) is 81.4 Å². The number of rotatable bonds is 4. The number of ether oxygens (including phenoxy) is 1. The minimum absolute atomic E-state index is 0.251. The van der Waals surface area contributed by atoms with Gasteiger partial charge in [-0.3, -0.25) is 4.79 Å². The fraction of sp³-hybridized carbons (Fsp3) is 0.286. The van der Waals surface area contributed by atoms with E-state index >= 15 is 0 Å². The molecule has 1 heterocycles. The Labute approximate surface area is 157 Å². The maximum atomic E-state index is 13.3. The van der Waals surface area contributed by atoms with E-state index in [1.807, 2.05) is 25.1 Å². The molecular formula is C21H22N2O4. The molecule has 0 bridgehead atoms. The molecule has 3 rings (SSSR count). The van der Waals surface area contributed by atoms with Crippen molar-refractivity contribution in [3.05, 3.63) is 68.6 Å². The van der Waals surface area contributed by atoms with Gasteiger partial charge >= 0.3 is 5.97 Å². The zero-order valence-electron chi connectivity index (χ0n) is 15.9. The Morgan fingerprint density at radius 3 is 2.52 bits per heavy atom. The standard InChI is InChI=1S/C21H22N2O4/c1-5-27-21(26)18-13(3)10-15-16(11-24)22-23(20(25)19(15)14(18)4)17-9-7-6-8-12(17)2/h6-10,24H,5,11H2,1-4H3. The van der Waals surface area contributed by atoms with Crippen molar-refractivity contribution in [1.29, 1.82) is 0 Å². The van der Waals surface area contributed by atoms with Crippen LogP contribution in [0.5, 0.6) is 0 Å². The average Bonchev–Trinajstić information content (AvgIpc) is 2.63. The van der Waals surface area contributed by atoms with E-state index < -0.39 is 5.97 Å². The van der Waals surface area contributed by atoms with Gasteiger partial charge in [-0.1, -0.05) is 18.2 Å². The molecule has 2 aromatic carbocycles. The number of benzene rings is 2. The van der Waals surface area contributed by atoms with Crippen LogP contribution in [-0.4, -0.2) is 27.5 Å². The van der Waals surface area contributed by atoms with Gasteiger partial charge < -0.3 is 9.84 Å². The van der Waals surface area contributed by atoms with Crippen LogP contribution in [0.15, 0.2) is 35.1 Å². The fourth-order valence-electron chi connectivity index (χ4n) is 3.41. The Kier molecular flexibility index (Phi) is 5.10. The molecule has 0 atom stereocenters. The van der Waals surface area contributed by atoms with Gasteiger partial charge in [0.2, 0.25) is 0 Å². The van der Waals surface area contributed by atoms with Crippen molar-refractivity contribution in [2.75, 3.05) is 6.61 Å². The van der Waals surface area contributed by atoms with E-state index in [1.54, 1.807) is 32.9 Å². The maximum absolute atomic E-state index is 13.3. The lowest BCUT2D eigenvalue weighted by atomic mass is 9.95. The van der Waals surface area contributed by atoms with Gasteiger partial charge in [-0.25, -0.2) is 4.79 Å². The quantitative estimate of drug-likeness (QED) is 0.718. The first kappa shape index (κ1) is 18.8. The lowest BCUT2D eigenvalue weighted by molar-refractivity contribution is 0.0525. The third kappa shape index (κ3) is 3.13. The van der Waals surface area contributed by atoms with Crippen LogP contribution in [0.1, 0.15) is 39.7 Å². The molecule has 0 radical (unpaired) electrons. The number of carbonyl (C=O) groups is 1. The predicted molar refractivity (Wildman–Crippen MR) is 103 cm³/mol. The molecule has 0 fully saturated rings. The molecule has 27 heavy (non-hydrogen) atoms. The molecule has 0 aliphatic rings. The zero-order chi connectivity index (χ0) is 19.7. The fourth-order valence-corrected chi connectivity index (χ4v) is 3.41. The van der Waals surface area contributed by atoms with Crippen molar-refractivity contribution < 1.29 is 14.6 Å². The highest BCUT2D eigenvalue weighted by molar-refractivity contribution is 6.00. The van der Waals surface area contributed by atoms with E-state index in [-0.39, 0.29) is 18.8 Å². The summed E-state index contributed by atoms with van der Waals surface area (Å²) in [5.41, 5.74) is 3.17. The van der Waals surface area contributed by atoms with E-state index in [0.29, 0.717) is 38.8 Å². The second kappa shape index (κ2) is 7.32. The molecule has 6 nitrogen and oxygen atoms in total. The normalized spacial score (nSPS) is 11.0. The largest absolute Gasteiger partial charge is 0.462 e. The van der Waals surface area contributed by atoms with Gasteiger partial charge in [0.15, 0.2) is 0 Å². The minimum Gasteiger partial charge on any atom is -0.462 e. The third-order valence-corrected chi connectivity index (χ3v) is 4.69. The second-order valence-electron chi connectivity index (χ2n) is 6.44. The van der Waals surface area contributed by atoms with Crippen molar-refractivity contribution in [1.82, 2.24) is 9.78 Å². The van der Waals surface area contributed by atoms with Gasteiger partial charge in [-0.2, -0.15) is 9.78 Å². The summed E-state index contributed by atoms with van der Waals surface area (Å²) in [6.45, 7) is 7.07. The lowest BCUT2D eigenvalue weighted by Crippen LogP contribution is -2.25. The van der Waals surface area contributed by atoms with Crippen LogP contribution in [0.3, 0.4) is 0 Å². The molecule has 0 amide bonds. The Morgan fingerprint density at radius 1 is 1.19 bits per heavy atom. The van der Waals surface area contributed by atoms with E-state index in [4.69, 9.17) is 4.74 Å². The molecule has 3 aromatic rings. The highest BCUT2D eigenvalue weighted by Crippen LogP contribution is 2.26. The highest BCUT2D eigenvalue weighted by atomic mass is 16.5. The first-order chi connectivity index (χ1) is 12.9. The van der Waals surface area contributed by atoms with Gasteiger partial charge in [0.1, 0.15) is 0 Å². The number of esters is 1. The molecule has 0 spiro atoms. The minimum atomic E-state index is -0.460. The third-order valence-electron chi connectivity index (χ3n) is 4.69. The van der Waals surface area contributed by atoms with Crippen molar-refractivity contribution in [2.24, 2.45) is 0 Å². The van der Waals surface area contributed by atoms with Crippen LogP contribution in [-0.2, 0) is 11.3 Å². The van der Waals surface area contributed by atoms with Crippen molar-refractivity contribution in [3.8, 4) is 5.69 Å². The van der Waals surface area contributed by atoms with E-state index in [1.165, 1.54) is 4.68 Å². The van der Waals surface area contributed by atoms with Crippen molar-refractivity contribution >= 4 is 16.7 Å². The van der Waals surface area contributed by atoms with E-state index in [0.717, 1.165) is 5.56 Å². The Hall–Kier alpha value is -2.99. The van der Waals surface area contributed by atoms with Gasteiger partial charge in [0.25, 0.3) is 5.56 Å². The van der Waals surface area contributed by atoms with Gasteiger partial charge in [0.05, 0.1) is 35.5 Å². The first-order valence-corrected chi connectivity index (χ1v) is 8.80. The summed E-state index contributed by atoms with van der Waals surface area (Å²) in [7, 11) is 0. The number of hydrogen-bond donors (Lipinski definition) is 1. The number of fused-ring (bicyclic) bond motifs is 1. The number of nitrogens with zero attached hydrogens (tertiary/aromatic N) is 2. The van der Waals surface area contributed by atoms with Crippen LogP contribution in [0, 0.1) is 20.8 Å². The van der Waals surface area contributed by atoms with Gasteiger partial charge in [-0.15, -0.1) is 0 Å². The second-order valence-corrected chi connectivity index (χ2v) is 6.44. The van der Waals surface area contributed by atoms with Crippen LogP contribution in [0.25, 0.3) is 16.5 Å². The van der Waals surface area contributed by atoms with Crippen LogP contribution < -0.4 is 5.56 Å². The predicted octanol–water partition coefficient (Wildman–Crippen LogP) is 2.98. The SMILES string of the molecule is CCOC(=O)c1c(C)cc2c(CO)nn(-c3ccccc3C)c(=O)c2c1C. The summed E-state index contributed by atoms with van der Waals surface area (Å²) in [5.74, 6) is -0.460. The van der Waals surface area contributed by atoms with Gasteiger partial charge in [0, 0.05) is 5.39 Å². The Bertz CT molecular complexity index is 1100. The summed E-state index contributed by atoms with van der Waals surface area (Å²) in [5, 5.41) is 15.1. The lowest BCUT2D eigenvalue weighted by Gasteiger charge is -2.16. The number of para-hydroxylation sites is 1. The smallest absolute Gasteiger partial charge is 0.338 e. The highest BCUT2D eigenvalue weighted by Gasteiger charge is 2.21. The monoisotopic (exact) mass is 366 g/mol. The zero-order valence-corrected chi connectivity index (χ0v) is 15.9. The molecule has 0 saturated carbocycles. The summed E-state index contributed by atoms with van der Waals surface area (Å²) in [6, 6.07) is 9.11. The molecule has 1 N–H and O–H groups in total. The summed E-state index contributed by atoms with van der Waals surface area (Å²) in [4.78, 5) is 25.7. The summed E-state index contributed by atoms with van der Waals surface area (Å²) < 4.78 is 6.45. The molecule has 0 unspecified atom stereocenters. The number of aliphatic hydroxyl groups excluding tert-OH is 1. The number of aryl methyl sites for hydroxylation is 3. The molecule has 0 saturated heterocycles. The number of carbonyl (C=O) groups excluding carboxylic acids is 1. The maximum Gasteiger partial charge on any atom is 0.338 e. The number of aliphatic hydroxyl groups is 1. The molecule has 0 aliphatic carbocycles. The molecule has 6 heteroatoms. The molecule has 0 aliphatic heterocycles. The van der Waals surface area contributed by atoms with Crippen LogP contribution in [0.2, 0.25) is 0 Å². The number of aromatic nitrogens is 2. The van der Waals surface area contributed by atoms with Crippen molar-refractivity contribution in [3.63, 3.8) is 0 Å². The Balaban J connectivity index is 2.44. The average molecular weight is 366 g/mol. The Morgan fingerprint density at radius 2 is 1.89 bits per heavy atom. The van der Waals surface area contributed by atoms with Crippen LogP contribution in [0.4, 0.5) is 0 Å².